The summed E-state index contributed by atoms with van der Waals surface area (Å²) in [4.78, 5) is 0. The van der Waals surface area contributed by atoms with Gasteiger partial charge < -0.3 is 4.57 Å². The number of hydrogen-bond donors (Lipinski definition) is 0. The highest BCUT2D eigenvalue weighted by molar-refractivity contribution is 7.85. The van der Waals surface area contributed by atoms with Crippen LogP contribution in [0.3, 0.4) is 0 Å². The number of hydrogen-bond acceptors (Lipinski definition) is 1. The Hall–Kier alpha value is -6.79. The normalized spacial score (nSPS) is 17.5. The summed E-state index contributed by atoms with van der Waals surface area (Å²) in [6.07, 6.45) is 0. The van der Waals surface area contributed by atoms with Gasteiger partial charge in [-0.05, 0) is 72.8 Å². The largest absolute Gasteiger partial charge is 0.309 e. The summed E-state index contributed by atoms with van der Waals surface area (Å²) in [5.74, 6) is 0. The van der Waals surface area contributed by atoms with Crippen molar-refractivity contribution < 1.29 is 4.57 Å². The van der Waals surface area contributed by atoms with Crippen molar-refractivity contribution >= 4 is 23.1 Å². The molecule has 11 rings (SSSR count). The van der Waals surface area contributed by atoms with Gasteiger partial charge in [0.15, 0.2) is 7.14 Å². The van der Waals surface area contributed by atoms with E-state index < -0.39 is 18.0 Å². The molecule has 0 amide bonds. The highest BCUT2D eigenvalue weighted by Crippen LogP contribution is 2.65. The molecule has 2 aliphatic carbocycles. The van der Waals surface area contributed by atoms with Crippen LogP contribution in [0.25, 0.3) is 22.3 Å². The summed E-state index contributed by atoms with van der Waals surface area (Å²) >= 11 is 0. The predicted octanol–water partition coefficient (Wildman–Crippen LogP) is 12.1. The molecule has 2 atom stereocenters. The fraction of sp³-hybridized carbons (Fsp3) is 0.0357. The van der Waals surface area contributed by atoms with Crippen LogP contribution < -0.4 is 15.9 Å². The lowest BCUT2D eigenvalue weighted by molar-refractivity contribution is 0.592. The van der Waals surface area contributed by atoms with E-state index in [9.17, 15) is 0 Å². The lowest BCUT2D eigenvalue weighted by atomic mass is 9.51. The third kappa shape index (κ3) is 4.75. The van der Waals surface area contributed by atoms with Gasteiger partial charge in [-0.15, -0.1) is 0 Å². The molecule has 0 saturated carbocycles. The maximum atomic E-state index is 15.2. The van der Waals surface area contributed by atoms with Crippen molar-refractivity contribution in [3.8, 4) is 22.3 Å². The molecule has 0 heterocycles. The van der Waals surface area contributed by atoms with Crippen molar-refractivity contribution in [1.82, 2.24) is 0 Å². The van der Waals surface area contributed by atoms with Gasteiger partial charge in [0.1, 0.15) is 0 Å². The van der Waals surface area contributed by atoms with Crippen LogP contribution in [0.5, 0.6) is 0 Å². The van der Waals surface area contributed by atoms with Gasteiger partial charge >= 0.3 is 0 Å². The Morgan fingerprint density at radius 1 is 0.293 bits per heavy atom. The van der Waals surface area contributed by atoms with Crippen molar-refractivity contribution in [2.75, 3.05) is 0 Å². The van der Waals surface area contributed by atoms with Gasteiger partial charge in [0.05, 0.1) is 10.8 Å². The fourth-order valence-corrected chi connectivity index (χ4v) is 13.0. The summed E-state index contributed by atoms with van der Waals surface area (Å²) in [5, 5.41) is 2.49. The standard InChI is InChI=1S/C56H39OP/c57-58(45-25-9-3-10-26-45,46-27-11-4-12-28-46)47-37-35-40(36-38-47)41-19-17-24-44(39-41)55(42-20-5-1-6-21-42)51-32-15-16-33-52(51)56(43-22-7-2-8-23-43)50-31-14-13-29-48(50)49-30-18-34-53(55)54(49)56/h1-39H. The van der Waals surface area contributed by atoms with E-state index in [0.29, 0.717) is 0 Å². The Labute approximate surface area is 340 Å². The monoisotopic (exact) mass is 758 g/mol. The van der Waals surface area contributed by atoms with Gasteiger partial charge in [-0.25, -0.2) is 0 Å². The van der Waals surface area contributed by atoms with E-state index in [2.05, 4.69) is 176 Å². The van der Waals surface area contributed by atoms with Crippen LogP contribution in [-0.4, -0.2) is 0 Å². The Morgan fingerprint density at radius 3 is 1.34 bits per heavy atom. The van der Waals surface area contributed by atoms with Gasteiger partial charge in [0.2, 0.25) is 0 Å². The minimum Gasteiger partial charge on any atom is -0.309 e. The van der Waals surface area contributed by atoms with E-state index >= 15 is 4.57 Å². The number of fused-ring (bicyclic) bond motifs is 5. The third-order valence-electron chi connectivity index (χ3n) is 12.7. The molecular weight excluding hydrogens is 720 g/mol. The van der Waals surface area contributed by atoms with E-state index in [1.54, 1.807) is 0 Å². The Morgan fingerprint density at radius 2 is 0.724 bits per heavy atom. The molecule has 58 heavy (non-hydrogen) atoms. The van der Waals surface area contributed by atoms with Crippen molar-refractivity contribution in [3.05, 3.63) is 281 Å². The number of rotatable bonds is 7. The van der Waals surface area contributed by atoms with Crippen molar-refractivity contribution in [2.24, 2.45) is 0 Å². The smallest absolute Gasteiger partial charge is 0.171 e. The average molecular weight is 759 g/mol. The molecule has 0 radical (unpaired) electrons. The molecule has 9 aromatic carbocycles. The summed E-state index contributed by atoms with van der Waals surface area (Å²) in [5.41, 5.74) is 13.9. The van der Waals surface area contributed by atoms with Crippen LogP contribution in [0.1, 0.15) is 44.5 Å². The van der Waals surface area contributed by atoms with Crippen LogP contribution in [0.15, 0.2) is 237 Å². The van der Waals surface area contributed by atoms with Crippen molar-refractivity contribution in [3.63, 3.8) is 0 Å². The second-order valence-corrected chi connectivity index (χ2v) is 18.2. The van der Waals surface area contributed by atoms with E-state index in [-0.39, 0.29) is 0 Å². The average Bonchev–Trinajstić information content (AvgIpc) is 3.62. The van der Waals surface area contributed by atoms with Crippen LogP contribution >= 0.6 is 7.14 Å². The molecular formula is C56H39OP. The van der Waals surface area contributed by atoms with E-state index in [1.165, 1.54) is 55.6 Å². The van der Waals surface area contributed by atoms with Crippen LogP contribution in [-0.2, 0) is 15.4 Å². The Bertz CT molecular complexity index is 2970. The second-order valence-electron chi connectivity index (χ2n) is 15.5. The lowest BCUT2D eigenvalue weighted by Gasteiger charge is -2.49. The zero-order valence-electron chi connectivity index (χ0n) is 31.9. The molecule has 2 aliphatic rings. The van der Waals surface area contributed by atoms with Gasteiger partial charge in [-0.1, -0.05) is 231 Å². The first-order chi connectivity index (χ1) is 28.7. The predicted molar refractivity (Wildman–Crippen MR) is 240 cm³/mol. The first kappa shape index (κ1) is 34.5. The summed E-state index contributed by atoms with van der Waals surface area (Å²) in [7, 11) is -3.10. The minimum atomic E-state index is -3.10. The first-order valence-electron chi connectivity index (χ1n) is 20.0. The molecule has 2 heteroatoms. The van der Waals surface area contributed by atoms with Crippen LogP contribution in [0, 0.1) is 0 Å². The molecule has 0 bridgehead atoms. The molecule has 274 valence electrons. The maximum Gasteiger partial charge on any atom is 0.171 e. The lowest BCUT2D eigenvalue weighted by Crippen LogP contribution is -2.44. The second kappa shape index (κ2) is 13.4. The van der Waals surface area contributed by atoms with Gasteiger partial charge in [0, 0.05) is 15.9 Å². The quantitative estimate of drug-likeness (QED) is 0.148. The molecule has 0 N–H and O–H groups in total. The zero-order valence-corrected chi connectivity index (χ0v) is 32.8. The first-order valence-corrected chi connectivity index (χ1v) is 21.7. The van der Waals surface area contributed by atoms with Gasteiger partial charge in [-0.2, -0.15) is 0 Å². The molecule has 0 spiro atoms. The summed E-state index contributed by atoms with van der Waals surface area (Å²) in [6.45, 7) is 0. The Balaban J connectivity index is 1.15. The molecule has 9 aromatic rings. The molecule has 1 nitrogen and oxygen atoms in total. The number of benzene rings is 9. The molecule has 0 fully saturated rings. The third-order valence-corrected chi connectivity index (χ3v) is 15.8. The highest BCUT2D eigenvalue weighted by atomic mass is 31.2. The van der Waals surface area contributed by atoms with Crippen LogP contribution in [0.4, 0.5) is 0 Å². The highest BCUT2D eigenvalue weighted by Gasteiger charge is 2.57. The zero-order chi connectivity index (χ0) is 38.7. The Kier molecular flexibility index (Phi) is 7.97. The van der Waals surface area contributed by atoms with E-state index in [4.69, 9.17) is 0 Å². The molecule has 0 aliphatic heterocycles. The van der Waals surface area contributed by atoms with Gasteiger partial charge in [0.25, 0.3) is 0 Å². The molecule has 2 unspecified atom stereocenters. The van der Waals surface area contributed by atoms with E-state index in [1.807, 2.05) is 60.7 Å². The van der Waals surface area contributed by atoms with Gasteiger partial charge in [-0.3, -0.25) is 0 Å². The topological polar surface area (TPSA) is 17.1 Å². The van der Waals surface area contributed by atoms with Crippen molar-refractivity contribution in [2.45, 2.75) is 10.8 Å². The van der Waals surface area contributed by atoms with E-state index in [0.717, 1.165) is 27.0 Å². The maximum absolute atomic E-state index is 15.2. The molecule has 0 saturated heterocycles. The SMILES string of the molecule is O=P(c1ccccc1)(c1ccccc1)c1ccc(-c2cccc(C3(c4ccccc4)c4ccccc4C4(c5ccccc5)c5ccccc5-c5cccc3c54)c2)cc1. The summed E-state index contributed by atoms with van der Waals surface area (Å²) < 4.78 is 15.2. The molecule has 0 aromatic heterocycles. The summed E-state index contributed by atoms with van der Waals surface area (Å²) in [6, 6.07) is 84.7. The van der Waals surface area contributed by atoms with Crippen LogP contribution in [0.2, 0.25) is 0 Å². The fourth-order valence-electron chi connectivity index (χ4n) is 10.4. The minimum absolute atomic E-state index is 0.489. The van der Waals surface area contributed by atoms with Crippen molar-refractivity contribution in [1.29, 1.82) is 0 Å².